The number of carbonyl (C=O) groups is 2. The molecule has 0 aliphatic rings. The van der Waals surface area contributed by atoms with Crippen LogP contribution < -0.4 is 0 Å². The maximum atomic E-state index is 12.8. The summed E-state index contributed by atoms with van der Waals surface area (Å²) in [5.41, 5.74) is 1.21. The summed E-state index contributed by atoms with van der Waals surface area (Å²) in [6, 6.07) is 26.7. The van der Waals surface area contributed by atoms with Crippen LogP contribution in [0.2, 0.25) is 0 Å². The lowest BCUT2D eigenvalue weighted by Gasteiger charge is -2.07. The number of hydrogen-bond donors (Lipinski definition) is 0. The molecule has 0 unspecified atom stereocenters. The lowest BCUT2D eigenvalue weighted by Crippen LogP contribution is -2.09. The van der Waals surface area contributed by atoms with Crippen molar-refractivity contribution in [3.05, 3.63) is 96.1 Å². The van der Waals surface area contributed by atoms with Gasteiger partial charge >= 0.3 is 0 Å². The van der Waals surface area contributed by atoms with E-state index >= 15 is 0 Å². The molecule has 0 N–H and O–H groups in total. The molecule has 25 heavy (non-hydrogen) atoms. The van der Waals surface area contributed by atoms with Gasteiger partial charge < -0.3 is 0 Å². The summed E-state index contributed by atoms with van der Waals surface area (Å²) in [6.45, 7) is 0. The van der Waals surface area contributed by atoms with Gasteiger partial charge in [0.05, 0.1) is 6.42 Å². The van der Waals surface area contributed by atoms with E-state index < -0.39 is 0 Å². The molecule has 2 nitrogen and oxygen atoms in total. The van der Waals surface area contributed by atoms with Crippen molar-refractivity contribution in [1.29, 1.82) is 0 Å². The Bertz CT molecular complexity index is 1010. The first-order valence-corrected chi connectivity index (χ1v) is 8.26. The number of fused-ring (bicyclic) bond motifs is 2. The average Bonchev–Trinajstić information content (AvgIpc) is 2.67. The van der Waals surface area contributed by atoms with Crippen molar-refractivity contribution >= 4 is 33.1 Å². The summed E-state index contributed by atoms with van der Waals surface area (Å²) in [4.78, 5) is 25.5. The summed E-state index contributed by atoms with van der Waals surface area (Å²) in [5.74, 6) is -0.288. The van der Waals surface area contributed by atoms with Gasteiger partial charge in [-0.25, -0.2) is 0 Å². The van der Waals surface area contributed by atoms with Gasteiger partial charge in [0.1, 0.15) is 0 Å². The van der Waals surface area contributed by atoms with Crippen LogP contribution in [0.4, 0.5) is 0 Å². The van der Waals surface area contributed by atoms with Gasteiger partial charge in [-0.3, -0.25) is 9.59 Å². The Morgan fingerprint density at radius 2 is 0.920 bits per heavy atom. The van der Waals surface area contributed by atoms with Gasteiger partial charge in [-0.15, -0.1) is 0 Å². The maximum absolute atomic E-state index is 12.8. The van der Waals surface area contributed by atoms with Crippen molar-refractivity contribution in [3.63, 3.8) is 0 Å². The molecule has 120 valence electrons. The molecule has 0 saturated heterocycles. The van der Waals surface area contributed by atoms with E-state index in [1.807, 2.05) is 72.8 Å². The second-order valence-corrected chi connectivity index (χ2v) is 6.08. The fourth-order valence-electron chi connectivity index (χ4n) is 3.27. The standard InChI is InChI=1S/C23H16O2/c24-22(20-13-5-9-16-7-1-3-11-18(16)20)15-23(25)21-14-6-10-17-8-2-4-12-19(17)21/h1-14H,15H2. The van der Waals surface area contributed by atoms with Crippen LogP contribution in [0, 0.1) is 0 Å². The largest absolute Gasteiger partial charge is 0.294 e. The quantitative estimate of drug-likeness (QED) is 0.369. The molecule has 0 atom stereocenters. The molecule has 0 spiro atoms. The van der Waals surface area contributed by atoms with Crippen molar-refractivity contribution in [2.24, 2.45) is 0 Å². The third-order valence-electron chi connectivity index (χ3n) is 4.50. The minimum atomic E-state index is -0.144. The Morgan fingerprint density at radius 1 is 0.520 bits per heavy atom. The Morgan fingerprint density at radius 3 is 1.40 bits per heavy atom. The highest BCUT2D eigenvalue weighted by Gasteiger charge is 2.17. The molecular weight excluding hydrogens is 308 g/mol. The van der Waals surface area contributed by atoms with Gasteiger partial charge in [0.2, 0.25) is 0 Å². The Labute approximate surface area is 145 Å². The second-order valence-electron chi connectivity index (χ2n) is 6.08. The first kappa shape index (κ1) is 15.3. The molecule has 0 amide bonds. The molecule has 0 bridgehead atoms. The second kappa shape index (κ2) is 6.33. The normalized spacial score (nSPS) is 10.9. The van der Waals surface area contributed by atoms with Gasteiger partial charge in [-0.05, 0) is 21.5 Å². The summed E-state index contributed by atoms with van der Waals surface area (Å²) in [6.07, 6.45) is -0.123. The van der Waals surface area contributed by atoms with E-state index in [9.17, 15) is 9.59 Å². The van der Waals surface area contributed by atoms with Crippen molar-refractivity contribution in [3.8, 4) is 0 Å². The Balaban J connectivity index is 1.69. The van der Waals surface area contributed by atoms with Crippen LogP contribution in [0.25, 0.3) is 21.5 Å². The van der Waals surface area contributed by atoms with E-state index in [4.69, 9.17) is 0 Å². The highest BCUT2D eigenvalue weighted by atomic mass is 16.1. The fourth-order valence-corrected chi connectivity index (χ4v) is 3.27. The van der Waals surface area contributed by atoms with Crippen LogP contribution in [-0.2, 0) is 0 Å². The van der Waals surface area contributed by atoms with E-state index in [-0.39, 0.29) is 18.0 Å². The van der Waals surface area contributed by atoms with Crippen molar-refractivity contribution in [2.75, 3.05) is 0 Å². The van der Waals surface area contributed by atoms with Crippen LogP contribution in [0.1, 0.15) is 27.1 Å². The van der Waals surface area contributed by atoms with Gasteiger partial charge in [0, 0.05) is 11.1 Å². The molecule has 0 heterocycles. The summed E-state index contributed by atoms with van der Waals surface area (Å²) < 4.78 is 0. The third kappa shape index (κ3) is 2.83. The fraction of sp³-hybridized carbons (Fsp3) is 0.0435. The van der Waals surface area contributed by atoms with Crippen molar-refractivity contribution in [1.82, 2.24) is 0 Å². The molecule has 0 fully saturated rings. The Hall–Kier alpha value is -3.26. The molecule has 4 aromatic carbocycles. The molecule has 0 aliphatic heterocycles. The third-order valence-corrected chi connectivity index (χ3v) is 4.50. The summed E-state index contributed by atoms with van der Waals surface area (Å²) in [5, 5.41) is 3.79. The van der Waals surface area contributed by atoms with Gasteiger partial charge in [0.25, 0.3) is 0 Å². The molecular formula is C23H16O2. The van der Waals surface area contributed by atoms with Crippen LogP contribution in [0.15, 0.2) is 84.9 Å². The van der Waals surface area contributed by atoms with Crippen LogP contribution in [0.5, 0.6) is 0 Å². The zero-order chi connectivity index (χ0) is 17.2. The van der Waals surface area contributed by atoms with E-state index in [1.54, 1.807) is 12.1 Å². The van der Waals surface area contributed by atoms with Gasteiger partial charge in [0.15, 0.2) is 11.6 Å². The number of carbonyl (C=O) groups excluding carboxylic acids is 2. The minimum absolute atomic E-state index is 0.123. The lowest BCUT2D eigenvalue weighted by atomic mass is 9.95. The van der Waals surface area contributed by atoms with E-state index in [0.29, 0.717) is 11.1 Å². The number of ketones is 2. The zero-order valence-electron chi connectivity index (χ0n) is 13.6. The minimum Gasteiger partial charge on any atom is -0.294 e. The van der Waals surface area contributed by atoms with E-state index in [1.165, 1.54) is 0 Å². The van der Waals surface area contributed by atoms with Crippen LogP contribution >= 0.6 is 0 Å². The molecule has 4 rings (SSSR count). The molecule has 4 aromatic rings. The molecule has 2 heteroatoms. The maximum Gasteiger partial charge on any atom is 0.171 e. The monoisotopic (exact) mass is 324 g/mol. The lowest BCUT2D eigenvalue weighted by molar-refractivity contribution is 0.0896. The average molecular weight is 324 g/mol. The predicted octanol–water partition coefficient (Wildman–Crippen LogP) is 5.45. The van der Waals surface area contributed by atoms with Crippen LogP contribution in [-0.4, -0.2) is 11.6 Å². The highest BCUT2D eigenvalue weighted by Crippen LogP contribution is 2.23. The number of rotatable bonds is 4. The predicted molar refractivity (Wildman–Crippen MR) is 101 cm³/mol. The van der Waals surface area contributed by atoms with Crippen molar-refractivity contribution < 1.29 is 9.59 Å². The number of hydrogen-bond acceptors (Lipinski definition) is 2. The Kier molecular flexibility index (Phi) is 3.87. The first-order valence-electron chi connectivity index (χ1n) is 8.26. The molecule has 0 aromatic heterocycles. The van der Waals surface area contributed by atoms with E-state index in [2.05, 4.69) is 0 Å². The zero-order valence-corrected chi connectivity index (χ0v) is 13.6. The van der Waals surface area contributed by atoms with Gasteiger partial charge in [-0.1, -0.05) is 84.9 Å². The topological polar surface area (TPSA) is 34.1 Å². The number of Topliss-reactive ketones (excluding diaryl/α,β-unsaturated/α-hetero) is 2. The number of benzene rings is 4. The smallest absolute Gasteiger partial charge is 0.171 e. The first-order chi connectivity index (χ1) is 12.2. The van der Waals surface area contributed by atoms with Gasteiger partial charge in [-0.2, -0.15) is 0 Å². The molecule has 0 saturated carbocycles. The summed E-state index contributed by atoms with van der Waals surface area (Å²) in [7, 11) is 0. The van der Waals surface area contributed by atoms with Crippen LogP contribution in [0.3, 0.4) is 0 Å². The molecule has 0 radical (unpaired) electrons. The van der Waals surface area contributed by atoms with Crippen molar-refractivity contribution in [2.45, 2.75) is 6.42 Å². The summed E-state index contributed by atoms with van der Waals surface area (Å²) >= 11 is 0. The highest BCUT2D eigenvalue weighted by molar-refractivity contribution is 6.20. The van der Waals surface area contributed by atoms with E-state index in [0.717, 1.165) is 21.5 Å². The molecule has 0 aliphatic carbocycles. The SMILES string of the molecule is O=C(CC(=O)c1cccc2ccccc12)c1cccc2ccccc12.